The van der Waals surface area contributed by atoms with Gasteiger partial charge in [0, 0.05) is 29.8 Å². The number of thiophene rings is 1. The zero-order valence-corrected chi connectivity index (χ0v) is 14.1. The van der Waals surface area contributed by atoms with Crippen LogP contribution < -0.4 is 5.73 Å². The summed E-state index contributed by atoms with van der Waals surface area (Å²) in [6.45, 7) is 3.56. The third-order valence-corrected chi connectivity index (χ3v) is 6.00. The van der Waals surface area contributed by atoms with Crippen LogP contribution in [0.1, 0.15) is 17.7 Å². The minimum absolute atomic E-state index is 0.0950. The first-order valence-corrected chi connectivity index (χ1v) is 8.68. The van der Waals surface area contributed by atoms with Crippen molar-refractivity contribution in [3.05, 3.63) is 45.8 Å². The van der Waals surface area contributed by atoms with Gasteiger partial charge in [0.2, 0.25) is 0 Å². The average molecular weight is 335 g/mol. The number of hydrogen-bond donors (Lipinski definition) is 1. The maximum atomic E-state index is 9.90. The summed E-state index contributed by atoms with van der Waals surface area (Å²) in [6.07, 6.45) is 3.89. The van der Waals surface area contributed by atoms with Crippen LogP contribution >= 0.6 is 11.3 Å². The van der Waals surface area contributed by atoms with E-state index in [0.29, 0.717) is 12.1 Å². The van der Waals surface area contributed by atoms with Gasteiger partial charge in [-0.25, -0.2) is 0 Å². The standard InChI is InChI=1S/C18H17N5S/c1-2-23-6-5-12-13(8-19)17(22)18(10-20,11-21)16(14(12)9-23)15-4-3-7-24-15/h3-7,14,16-17H,2,9,22H2,1H3/t14-,16+,17+/m1/s1. The van der Waals surface area contributed by atoms with Gasteiger partial charge in [0.25, 0.3) is 0 Å². The minimum Gasteiger partial charge on any atom is -0.377 e. The predicted molar refractivity (Wildman–Crippen MR) is 91.2 cm³/mol. The summed E-state index contributed by atoms with van der Waals surface area (Å²) in [7, 11) is 0. The van der Waals surface area contributed by atoms with Crippen molar-refractivity contribution >= 4 is 11.3 Å². The van der Waals surface area contributed by atoms with Gasteiger partial charge >= 0.3 is 0 Å². The van der Waals surface area contributed by atoms with Crippen molar-refractivity contribution in [2.24, 2.45) is 17.1 Å². The number of fused-ring (bicyclic) bond motifs is 1. The van der Waals surface area contributed by atoms with Crippen LogP contribution in [0.5, 0.6) is 0 Å². The summed E-state index contributed by atoms with van der Waals surface area (Å²) < 4.78 is 0. The molecule has 2 aliphatic rings. The number of nitriles is 3. The van der Waals surface area contributed by atoms with Crippen LogP contribution in [0, 0.1) is 45.3 Å². The van der Waals surface area contributed by atoms with Gasteiger partial charge in [-0.05, 0) is 36.2 Å². The van der Waals surface area contributed by atoms with Crippen LogP contribution in [0.3, 0.4) is 0 Å². The molecule has 0 spiro atoms. The maximum absolute atomic E-state index is 9.90. The van der Waals surface area contributed by atoms with E-state index in [2.05, 4.69) is 30.0 Å². The van der Waals surface area contributed by atoms with E-state index >= 15 is 0 Å². The molecule has 1 aliphatic heterocycles. The molecule has 0 bridgehead atoms. The number of nitrogens with zero attached hydrogens (tertiary/aromatic N) is 4. The molecule has 0 aromatic carbocycles. The topological polar surface area (TPSA) is 101 Å². The fraction of sp³-hybridized carbons (Fsp3) is 0.389. The molecule has 0 saturated carbocycles. The molecule has 1 aromatic heterocycles. The third kappa shape index (κ3) is 2.14. The molecule has 2 heterocycles. The van der Waals surface area contributed by atoms with Crippen molar-refractivity contribution < 1.29 is 0 Å². The summed E-state index contributed by atoms with van der Waals surface area (Å²) in [5.41, 5.74) is 6.09. The van der Waals surface area contributed by atoms with Gasteiger partial charge in [-0.1, -0.05) is 6.07 Å². The maximum Gasteiger partial charge on any atom is 0.171 e. The molecular weight excluding hydrogens is 318 g/mol. The van der Waals surface area contributed by atoms with Crippen molar-refractivity contribution in [1.29, 1.82) is 15.8 Å². The summed E-state index contributed by atoms with van der Waals surface area (Å²) in [5, 5.41) is 31.3. The molecule has 3 atom stereocenters. The normalized spacial score (nSPS) is 27.8. The zero-order chi connectivity index (χ0) is 17.3. The first-order valence-electron chi connectivity index (χ1n) is 7.80. The molecule has 0 saturated heterocycles. The molecule has 0 fully saturated rings. The Morgan fingerprint density at radius 2 is 2.12 bits per heavy atom. The van der Waals surface area contributed by atoms with Gasteiger partial charge in [0.15, 0.2) is 5.41 Å². The monoisotopic (exact) mass is 335 g/mol. The molecule has 2 N–H and O–H groups in total. The highest BCUT2D eigenvalue weighted by molar-refractivity contribution is 7.10. The van der Waals surface area contributed by atoms with Crippen LogP contribution in [0.4, 0.5) is 0 Å². The summed E-state index contributed by atoms with van der Waals surface area (Å²) >= 11 is 1.53. The molecule has 0 unspecified atom stereocenters. The van der Waals surface area contributed by atoms with Gasteiger partial charge in [0.1, 0.15) is 0 Å². The fourth-order valence-electron chi connectivity index (χ4n) is 3.78. The highest BCUT2D eigenvalue weighted by Gasteiger charge is 2.56. The van der Waals surface area contributed by atoms with Crippen LogP contribution in [0.15, 0.2) is 40.9 Å². The molecule has 5 nitrogen and oxygen atoms in total. The summed E-state index contributed by atoms with van der Waals surface area (Å²) in [5.74, 6) is -0.434. The third-order valence-electron chi connectivity index (χ3n) is 5.05. The smallest absolute Gasteiger partial charge is 0.171 e. The number of rotatable bonds is 2. The van der Waals surface area contributed by atoms with Gasteiger partial charge in [0.05, 0.1) is 29.8 Å². The molecule has 0 amide bonds. The Morgan fingerprint density at radius 3 is 2.67 bits per heavy atom. The van der Waals surface area contributed by atoms with E-state index in [9.17, 15) is 15.8 Å². The van der Waals surface area contributed by atoms with Crippen LogP contribution in [0.25, 0.3) is 0 Å². The van der Waals surface area contributed by atoms with Gasteiger partial charge < -0.3 is 10.6 Å². The van der Waals surface area contributed by atoms with E-state index in [1.54, 1.807) is 0 Å². The molecule has 1 aromatic rings. The highest BCUT2D eigenvalue weighted by atomic mass is 32.1. The van der Waals surface area contributed by atoms with Crippen molar-refractivity contribution in [2.75, 3.05) is 13.1 Å². The molecule has 120 valence electrons. The number of allylic oxidation sites excluding steroid dienone is 1. The molecule has 3 rings (SSSR count). The molecule has 1 aliphatic carbocycles. The first-order chi connectivity index (χ1) is 11.6. The van der Waals surface area contributed by atoms with E-state index in [-0.39, 0.29) is 11.8 Å². The second-order valence-electron chi connectivity index (χ2n) is 6.05. The predicted octanol–water partition coefficient (Wildman–Crippen LogP) is 2.49. The van der Waals surface area contributed by atoms with E-state index in [1.807, 2.05) is 29.8 Å². The fourth-order valence-corrected chi connectivity index (χ4v) is 4.74. The largest absolute Gasteiger partial charge is 0.377 e. The Balaban J connectivity index is 2.28. The zero-order valence-electron chi connectivity index (χ0n) is 13.3. The lowest BCUT2D eigenvalue weighted by Gasteiger charge is -2.46. The van der Waals surface area contributed by atoms with E-state index in [1.165, 1.54) is 11.3 Å². The number of nitrogens with two attached hydrogens (primary N) is 1. The second kappa shape index (κ2) is 6.13. The van der Waals surface area contributed by atoms with Gasteiger partial charge in [-0.15, -0.1) is 11.3 Å². The molecule has 0 radical (unpaired) electrons. The lowest BCUT2D eigenvalue weighted by molar-refractivity contribution is 0.221. The van der Waals surface area contributed by atoms with Crippen molar-refractivity contribution in [3.63, 3.8) is 0 Å². The minimum atomic E-state index is -1.44. The Morgan fingerprint density at radius 1 is 1.38 bits per heavy atom. The average Bonchev–Trinajstić information content (AvgIpc) is 3.14. The SMILES string of the molecule is CCN1C=CC2=C(C#N)[C@H](N)C(C#N)(C#N)[C@H](c3cccs3)[C@@H]2C1. The quantitative estimate of drug-likeness (QED) is 0.895. The van der Waals surface area contributed by atoms with Crippen LogP contribution in [-0.4, -0.2) is 24.0 Å². The lowest BCUT2D eigenvalue weighted by Crippen LogP contribution is -2.53. The Labute approximate surface area is 145 Å². The summed E-state index contributed by atoms with van der Waals surface area (Å²) in [4.78, 5) is 3.11. The Kier molecular flexibility index (Phi) is 4.16. The molecular formula is C18H17N5S. The van der Waals surface area contributed by atoms with Gasteiger partial charge in [-0.3, -0.25) is 0 Å². The second-order valence-corrected chi connectivity index (χ2v) is 7.03. The van der Waals surface area contributed by atoms with Crippen LogP contribution in [0.2, 0.25) is 0 Å². The van der Waals surface area contributed by atoms with Crippen molar-refractivity contribution in [1.82, 2.24) is 4.90 Å². The highest BCUT2D eigenvalue weighted by Crippen LogP contribution is 2.53. The van der Waals surface area contributed by atoms with Crippen molar-refractivity contribution in [2.45, 2.75) is 18.9 Å². The Hall–Kier alpha value is -2.59. The molecule has 24 heavy (non-hydrogen) atoms. The number of hydrogen-bond acceptors (Lipinski definition) is 6. The van der Waals surface area contributed by atoms with Gasteiger partial charge in [-0.2, -0.15) is 15.8 Å². The Bertz CT molecular complexity index is 801. The summed E-state index contributed by atoms with van der Waals surface area (Å²) in [6, 6.07) is 9.48. The van der Waals surface area contributed by atoms with Crippen molar-refractivity contribution in [3.8, 4) is 18.2 Å². The lowest BCUT2D eigenvalue weighted by atomic mass is 9.57. The van der Waals surface area contributed by atoms with Crippen LogP contribution in [-0.2, 0) is 0 Å². The molecule has 6 heteroatoms. The van der Waals surface area contributed by atoms with E-state index in [0.717, 1.165) is 17.0 Å². The first kappa shape index (κ1) is 16.3. The van der Waals surface area contributed by atoms with E-state index in [4.69, 9.17) is 5.73 Å². The van der Waals surface area contributed by atoms with E-state index < -0.39 is 11.5 Å².